The number of carbonyl (C=O) groups is 1. The van der Waals surface area contributed by atoms with Crippen molar-refractivity contribution in [3.8, 4) is 0 Å². The molecule has 0 unspecified atom stereocenters. The summed E-state index contributed by atoms with van der Waals surface area (Å²) in [5.41, 5.74) is 2.50. The first-order valence-corrected chi connectivity index (χ1v) is 7.89. The van der Waals surface area contributed by atoms with Crippen molar-refractivity contribution in [1.82, 2.24) is 14.7 Å². The van der Waals surface area contributed by atoms with Crippen molar-refractivity contribution in [3.05, 3.63) is 29.6 Å². The Kier molecular flexibility index (Phi) is 4.39. The van der Waals surface area contributed by atoms with E-state index in [4.69, 9.17) is 5.11 Å². The Hall–Kier alpha value is -1.62. The van der Waals surface area contributed by atoms with Crippen LogP contribution >= 0.6 is 0 Å². The first kappa shape index (κ1) is 14.3. The molecule has 2 fully saturated rings. The number of hydrogen-bond donors (Lipinski definition) is 1. The van der Waals surface area contributed by atoms with Crippen molar-refractivity contribution >= 4 is 5.91 Å². The lowest BCUT2D eigenvalue weighted by atomic mass is 9.91. The quantitative estimate of drug-likeness (QED) is 0.858. The molecule has 2 aliphatic rings. The second kappa shape index (κ2) is 6.43. The molecule has 114 valence electrons. The lowest BCUT2D eigenvalue weighted by molar-refractivity contribution is -0.127. The summed E-state index contributed by atoms with van der Waals surface area (Å²) in [5.74, 6) is 0.631. The minimum absolute atomic E-state index is 0.111. The highest BCUT2D eigenvalue weighted by Gasteiger charge is 2.25. The molecule has 5 heteroatoms. The molecule has 21 heavy (non-hydrogen) atoms. The fraction of sp³-hybridized carbons (Fsp3) is 0.625. The number of likely N-dealkylation sites (tertiary alicyclic amines) is 1. The molecule has 1 aromatic rings. The van der Waals surface area contributed by atoms with Gasteiger partial charge in [0.05, 0.1) is 13.2 Å². The van der Waals surface area contributed by atoms with E-state index in [0.29, 0.717) is 12.5 Å². The molecule has 1 aliphatic heterocycles. The number of aliphatic hydroxyl groups is 1. The van der Waals surface area contributed by atoms with E-state index in [9.17, 15) is 4.79 Å². The zero-order valence-electron chi connectivity index (χ0n) is 12.4. The molecular formula is C16H23N3O2. The summed E-state index contributed by atoms with van der Waals surface area (Å²) in [4.78, 5) is 14.1. The van der Waals surface area contributed by atoms with Gasteiger partial charge in [0, 0.05) is 37.0 Å². The van der Waals surface area contributed by atoms with Crippen LogP contribution in [0.15, 0.2) is 23.9 Å². The van der Waals surface area contributed by atoms with Gasteiger partial charge in [-0.1, -0.05) is 5.57 Å². The van der Waals surface area contributed by atoms with Gasteiger partial charge in [0.15, 0.2) is 0 Å². The summed E-state index contributed by atoms with van der Waals surface area (Å²) in [5, 5.41) is 13.3. The molecule has 0 atom stereocenters. The first-order chi connectivity index (χ1) is 10.3. The predicted octanol–water partition coefficient (Wildman–Crippen LogP) is 1.69. The van der Waals surface area contributed by atoms with E-state index in [1.807, 2.05) is 21.7 Å². The van der Waals surface area contributed by atoms with E-state index < -0.39 is 0 Å². The molecule has 1 amide bonds. The third-order valence-corrected chi connectivity index (χ3v) is 4.61. The van der Waals surface area contributed by atoms with Gasteiger partial charge in [0.2, 0.25) is 5.91 Å². The number of allylic oxidation sites excluding steroid dienone is 1. The summed E-state index contributed by atoms with van der Waals surface area (Å²) in [6.45, 7) is 2.29. The summed E-state index contributed by atoms with van der Waals surface area (Å²) in [6, 6.07) is 2.04. The van der Waals surface area contributed by atoms with Gasteiger partial charge in [-0.05, 0) is 38.2 Å². The number of aromatic nitrogens is 2. The highest BCUT2D eigenvalue weighted by atomic mass is 16.3. The Labute approximate surface area is 125 Å². The summed E-state index contributed by atoms with van der Waals surface area (Å²) < 4.78 is 1.89. The van der Waals surface area contributed by atoms with Crippen LogP contribution in [-0.4, -0.2) is 45.4 Å². The van der Waals surface area contributed by atoms with Gasteiger partial charge in [-0.15, -0.1) is 0 Å². The van der Waals surface area contributed by atoms with Gasteiger partial charge >= 0.3 is 0 Å². The SMILES string of the molecule is O=C(C=C1CCC1)N1CCC(c2ccnn2CCO)CC1. The van der Waals surface area contributed by atoms with E-state index in [1.165, 1.54) is 17.7 Å². The molecule has 2 heterocycles. The monoisotopic (exact) mass is 289 g/mol. The molecule has 0 radical (unpaired) electrons. The van der Waals surface area contributed by atoms with Gasteiger partial charge in [0.25, 0.3) is 0 Å². The molecular weight excluding hydrogens is 266 g/mol. The van der Waals surface area contributed by atoms with Crippen molar-refractivity contribution in [1.29, 1.82) is 0 Å². The van der Waals surface area contributed by atoms with Crippen LogP contribution in [0.3, 0.4) is 0 Å². The number of amides is 1. The third kappa shape index (κ3) is 3.18. The molecule has 1 N–H and O–H groups in total. The number of rotatable bonds is 4. The maximum atomic E-state index is 12.2. The lowest BCUT2D eigenvalue weighted by Crippen LogP contribution is -2.37. The van der Waals surface area contributed by atoms with Crippen LogP contribution in [0, 0.1) is 0 Å². The van der Waals surface area contributed by atoms with Crippen molar-refractivity contribution in [3.63, 3.8) is 0 Å². The number of piperidine rings is 1. The van der Waals surface area contributed by atoms with E-state index in [2.05, 4.69) is 5.10 Å². The molecule has 5 nitrogen and oxygen atoms in total. The lowest BCUT2D eigenvalue weighted by Gasteiger charge is -2.32. The van der Waals surface area contributed by atoms with E-state index in [-0.39, 0.29) is 12.5 Å². The van der Waals surface area contributed by atoms with Crippen LogP contribution in [0.1, 0.15) is 43.7 Å². The smallest absolute Gasteiger partial charge is 0.246 e. The van der Waals surface area contributed by atoms with Crippen LogP contribution in [0.4, 0.5) is 0 Å². The Morgan fingerprint density at radius 2 is 2.14 bits per heavy atom. The minimum Gasteiger partial charge on any atom is -0.394 e. The first-order valence-electron chi connectivity index (χ1n) is 7.89. The van der Waals surface area contributed by atoms with Crippen molar-refractivity contribution in [2.24, 2.45) is 0 Å². The molecule has 1 saturated heterocycles. The second-order valence-corrected chi connectivity index (χ2v) is 5.96. The summed E-state index contributed by atoms with van der Waals surface area (Å²) >= 11 is 0. The van der Waals surface area contributed by atoms with E-state index >= 15 is 0 Å². The fourth-order valence-corrected chi connectivity index (χ4v) is 3.16. The zero-order valence-corrected chi connectivity index (χ0v) is 12.4. The van der Waals surface area contributed by atoms with Gasteiger partial charge < -0.3 is 10.0 Å². The molecule has 3 rings (SSSR count). The van der Waals surface area contributed by atoms with Crippen LogP contribution in [0.2, 0.25) is 0 Å². The minimum atomic E-state index is 0.111. The number of carbonyl (C=O) groups excluding carboxylic acids is 1. The highest BCUT2D eigenvalue weighted by Crippen LogP contribution is 2.29. The van der Waals surface area contributed by atoms with Gasteiger partial charge in [-0.3, -0.25) is 9.48 Å². The summed E-state index contributed by atoms with van der Waals surface area (Å²) in [6.07, 6.45) is 9.03. The fourth-order valence-electron chi connectivity index (χ4n) is 3.16. The topological polar surface area (TPSA) is 58.4 Å². The van der Waals surface area contributed by atoms with Crippen LogP contribution < -0.4 is 0 Å². The largest absolute Gasteiger partial charge is 0.394 e. The van der Waals surface area contributed by atoms with E-state index in [0.717, 1.165) is 38.8 Å². The van der Waals surface area contributed by atoms with Gasteiger partial charge in [-0.2, -0.15) is 5.10 Å². The number of hydrogen-bond acceptors (Lipinski definition) is 3. The Morgan fingerprint density at radius 3 is 2.76 bits per heavy atom. The second-order valence-electron chi connectivity index (χ2n) is 5.96. The predicted molar refractivity (Wildman–Crippen MR) is 79.8 cm³/mol. The maximum absolute atomic E-state index is 12.2. The molecule has 1 aromatic heterocycles. The molecule has 0 bridgehead atoms. The zero-order chi connectivity index (χ0) is 14.7. The standard InChI is InChI=1S/C16H23N3O2/c20-11-10-19-15(4-7-17-19)14-5-8-18(9-6-14)16(21)12-13-2-1-3-13/h4,7,12,14,20H,1-3,5-6,8-11H2. The average Bonchev–Trinajstić information content (AvgIpc) is 2.91. The Bertz CT molecular complexity index is 521. The van der Waals surface area contributed by atoms with Crippen molar-refractivity contribution in [2.45, 2.75) is 44.6 Å². The molecule has 0 aromatic carbocycles. The highest BCUT2D eigenvalue weighted by molar-refractivity contribution is 5.88. The van der Waals surface area contributed by atoms with Crippen molar-refractivity contribution < 1.29 is 9.90 Å². The van der Waals surface area contributed by atoms with Crippen molar-refractivity contribution in [2.75, 3.05) is 19.7 Å². The Balaban J connectivity index is 1.57. The third-order valence-electron chi connectivity index (χ3n) is 4.61. The van der Waals surface area contributed by atoms with Crippen LogP contribution in [0.25, 0.3) is 0 Å². The molecule has 1 aliphatic carbocycles. The molecule has 1 saturated carbocycles. The van der Waals surface area contributed by atoms with Gasteiger partial charge in [-0.25, -0.2) is 0 Å². The normalized spacial score (nSPS) is 19.5. The Morgan fingerprint density at radius 1 is 1.38 bits per heavy atom. The summed E-state index contributed by atoms with van der Waals surface area (Å²) in [7, 11) is 0. The van der Waals surface area contributed by atoms with E-state index in [1.54, 1.807) is 6.20 Å². The number of aliphatic hydroxyl groups excluding tert-OH is 1. The van der Waals surface area contributed by atoms with Gasteiger partial charge in [0.1, 0.15) is 0 Å². The maximum Gasteiger partial charge on any atom is 0.246 e. The number of nitrogens with zero attached hydrogens (tertiary/aromatic N) is 3. The van der Waals surface area contributed by atoms with Crippen LogP contribution in [-0.2, 0) is 11.3 Å². The average molecular weight is 289 g/mol. The van der Waals surface area contributed by atoms with Crippen LogP contribution in [0.5, 0.6) is 0 Å². The molecule has 0 spiro atoms.